The molecule has 0 unspecified atom stereocenters. The van der Waals surface area contributed by atoms with Gasteiger partial charge in [0.05, 0.1) is 7.11 Å². The first-order valence-corrected chi connectivity index (χ1v) is 7.25. The fourth-order valence-corrected chi connectivity index (χ4v) is 1.85. The number of rotatable bonds is 8. The van der Waals surface area contributed by atoms with Crippen LogP contribution in [0.5, 0.6) is 5.75 Å². The van der Waals surface area contributed by atoms with E-state index < -0.39 is 0 Å². The van der Waals surface area contributed by atoms with Crippen LogP contribution in [0.15, 0.2) is 36.4 Å². The number of hydrogen-bond acceptors (Lipinski definition) is 6. The van der Waals surface area contributed by atoms with Crippen molar-refractivity contribution in [2.45, 2.75) is 6.42 Å². The number of hydrogen-bond donors (Lipinski definition) is 2. The molecule has 0 aliphatic heterocycles. The number of ether oxygens (including phenoxy) is 2. The Morgan fingerprint density at radius 1 is 1.09 bits per heavy atom. The molecule has 23 heavy (non-hydrogen) atoms. The van der Waals surface area contributed by atoms with Gasteiger partial charge in [0.15, 0.2) is 5.69 Å². The second-order valence-electron chi connectivity index (χ2n) is 4.76. The zero-order valence-electron chi connectivity index (χ0n) is 13.2. The summed E-state index contributed by atoms with van der Waals surface area (Å²) in [7, 11) is 3.25. The molecule has 1 amide bonds. The first kappa shape index (κ1) is 16.7. The van der Waals surface area contributed by atoms with Crippen molar-refractivity contribution in [3.05, 3.63) is 42.1 Å². The molecular weight excluding hydrogens is 296 g/mol. The summed E-state index contributed by atoms with van der Waals surface area (Å²) in [6.45, 7) is 1.42. The highest BCUT2D eigenvalue weighted by molar-refractivity contribution is 6.02. The van der Waals surface area contributed by atoms with Gasteiger partial charge in [0.25, 0.3) is 5.91 Å². The molecule has 0 radical (unpaired) electrons. The molecule has 2 aromatic rings. The second-order valence-corrected chi connectivity index (χ2v) is 4.76. The van der Waals surface area contributed by atoms with Crippen molar-refractivity contribution >= 4 is 17.4 Å². The quantitative estimate of drug-likeness (QED) is 0.726. The number of nitrogens with one attached hydrogen (secondary N) is 2. The largest absolute Gasteiger partial charge is 0.497 e. The Hall–Kier alpha value is -2.67. The molecule has 1 aromatic heterocycles. The molecule has 0 bridgehead atoms. The van der Waals surface area contributed by atoms with Crippen molar-refractivity contribution < 1.29 is 14.3 Å². The molecule has 2 N–H and O–H groups in total. The minimum absolute atomic E-state index is 0.253. The van der Waals surface area contributed by atoms with Crippen molar-refractivity contribution in [2.75, 3.05) is 38.0 Å². The van der Waals surface area contributed by atoms with Crippen LogP contribution < -0.4 is 15.4 Å². The van der Waals surface area contributed by atoms with Crippen molar-refractivity contribution in [2.24, 2.45) is 0 Å². The summed E-state index contributed by atoms with van der Waals surface area (Å²) in [6.07, 6.45) is 0.873. The Labute approximate surface area is 135 Å². The number of carbonyl (C=O) groups is 1. The first-order valence-electron chi connectivity index (χ1n) is 7.25. The second kappa shape index (κ2) is 8.70. The molecule has 0 aliphatic carbocycles. The van der Waals surface area contributed by atoms with Gasteiger partial charge in [0.2, 0.25) is 0 Å². The third kappa shape index (κ3) is 5.23. The number of aromatic nitrogens is 2. The minimum Gasteiger partial charge on any atom is -0.497 e. The monoisotopic (exact) mass is 316 g/mol. The fourth-order valence-electron chi connectivity index (χ4n) is 1.85. The molecule has 7 heteroatoms. The van der Waals surface area contributed by atoms with Crippen LogP contribution in [0.2, 0.25) is 0 Å². The van der Waals surface area contributed by atoms with Gasteiger partial charge in [0, 0.05) is 25.9 Å². The maximum absolute atomic E-state index is 12.1. The van der Waals surface area contributed by atoms with Crippen LogP contribution in [0, 0.1) is 0 Å². The van der Waals surface area contributed by atoms with Gasteiger partial charge in [-0.2, -0.15) is 0 Å². The number of methoxy groups -OCH3 is 2. The Bertz CT molecular complexity index is 614. The van der Waals surface area contributed by atoms with Crippen LogP contribution in [0.1, 0.15) is 16.9 Å². The van der Waals surface area contributed by atoms with Gasteiger partial charge in [-0.15, -0.1) is 10.2 Å². The van der Waals surface area contributed by atoms with E-state index in [0.29, 0.717) is 18.1 Å². The Kier molecular flexibility index (Phi) is 6.31. The summed E-state index contributed by atoms with van der Waals surface area (Å²) in [5, 5.41) is 13.8. The number of nitrogens with zero attached hydrogens (tertiary/aromatic N) is 2. The van der Waals surface area contributed by atoms with Gasteiger partial charge < -0.3 is 20.1 Å². The van der Waals surface area contributed by atoms with Crippen molar-refractivity contribution in [3.63, 3.8) is 0 Å². The van der Waals surface area contributed by atoms with E-state index in [2.05, 4.69) is 20.8 Å². The molecule has 1 heterocycles. The van der Waals surface area contributed by atoms with E-state index in [0.717, 1.165) is 18.7 Å². The lowest BCUT2D eigenvalue weighted by atomic mass is 10.3. The third-order valence-corrected chi connectivity index (χ3v) is 3.08. The predicted octanol–water partition coefficient (Wildman–Crippen LogP) is 2.19. The maximum atomic E-state index is 12.1. The van der Waals surface area contributed by atoms with E-state index in [9.17, 15) is 4.79 Å². The molecular formula is C16H20N4O3. The summed E-state index contributed by atoms with van der Waals surface area (Å²) in [6, 6.07) is 10.4. The zero-order valence-corrected chi connectivity index (χ0v) is 13.2. The Morgan fingerprint density at radius 3 is 2.48 bits per heavy atom. The SMILES string of the molecule is COCCCNc1ccc(C(=O)Nc2ccc(OC)cc2)nn1. The van der Waals surface area contributed by atoms with E-state index in [1.807, 2.05) is 0 Å². The minimum atomic E-state index is -0.311. The lowest BCUT2D eigenvalue weighted by Crippen LogP contribution is -2.15. The smallest absolute Gasteiger partial charge is 0.276 e. The normalized spacial score (nSPS) is 10.2. The highest BCUT2D eigenvalue weighted by atomic mass is 16.5. The number of amides is 1. The molecule has 122 valence electrons. The van der Waals surface area contributed by atoms with Gasteiger partial charge in [-0.05, 0) is 42.8 Å². The van der Waals surface area contributed by atoms with E-state index in [4.69, 9.17) is 9.47 Å². The van der Waals surface area contributed by atoms with Crippen LogP contribution in [0.25, 0.3) is 0 Å². The van der Waals surface area contributed by atoms with Crippen LogP contribution in [-0.4, -0.2) is 43.5 Å². The predicted molar refractivity (Wildman–Crippen MR) is 88.0 cm³/mol. The summed E-state index contributed by atoms with van der Waals surface area (Å²) < 4.78 is 10.0. The Morgan fingerprint density at radius 2 is 1.87 bits per heavy atom. The van der Waals surface area contributed by atoms with Gasteiger partial charge in [-0.1, -0.05) is 0 Å². The maximum Gasteiger partial charge on any atom is 0.276 e. The van der Waals surface area contributed by atoms with E-state index >= 15 is 0 Å². The molecule has 7 nitrogen and oxygen atoms in total. The number of carbonyl (C=O) groups excluding carboxylic acids is 1. The van der Waals surface area contributed by atoms with E-state index in [-0.39, 0.29) is 11.6 Å². The highest BCUT2D eigenvalue weighted by Gasteiger charge is 2.08. The van der Waals surface area contributed by atoms with Gasteiger partial charge in [-0.3, -0.25) is 4.79 Å². The molecule has 0 saturated carbocycles. The number of benzene rings is 1. The summed E-state index contributed by atoms with van der Waals surface area (Å²) >= 11 is 0. The van der Waals surface area contributed by atoms with Crippen molar-refractivity contribution in [1.82, 2.24) is 10.2 Å². The van der Waals surface area contributed by atoms with E-state index in [1.54, 1.807) is 50.6 Å². The van der Waals surface area contributed by atoms with Crippen LogP contribution in [0.3, 0.4) is 0 Å². The molecule has 2 rings (SSSR count). The lowest BCUT2D eigenvalue weighted by Gasteiger charge is -2.07. The standard InChI is InChI=1S/C16H20N4O3/c1-22-11-3-10-17-15-9-8-14(19-20-15)16(21)18-12-4-6-13(23-2)7-5-12/h4-9H,3,10-11H2,1-2H3,(H,17,20)(H,18,21). The molecule has 1 aromatic carbocycles. The molecule has 0 saturated heterocycles. The third-order valence-electron chi connectivity index (χ3n) is 3.08. The molecule has 0 atom stereocenters. The van der Waals surface area contributed by atoms with Gasteiger partial charge in [-0.25, -0.2) is 0 Å². The topological polar surface area (TPSA) is 85.4 Å². The summed E-state index contributed by atoms with van der Waals surface area (Å²) in [5.74, 6) is 1.04. The summed E-state index contributed by atoms with van der Waals surface area (Å²) in [5.41, 5.74) is 0.919. The highest BCUT2D eigenvalue weighted by Crippen LogP contribution is 2.15. The summed E-state index contributed by atoms with van der Waals surface area (Å²) in [4.78, 5) is 12.1. The average Bonchev–Trinajstić information content (AvgIpc) is 2.60. The van der Waals surface area contributed by atoms with Crippen LogP contribution in [-0.2, 0) is 4.74 Å². The number of anilines is 2. The van der Waals surface area contributed by atoms with E-state index in [1.165, 1.54) is 0 Å². The van der Waals surface area contributed by atoms with Crippen LogP contribution in [0.4, 0.5) is 11.5 Å². The van der Waals surface area contributed by atoms with Crippen LogP contribution >= 0.6 is 0 Å². The fraction of sp³-hybridized carbons (Fsp3) is 0.312. The Balaban J connectivity index is 1.88. The van der Waals surface area contributed by atoms with Gasteiger partial charge in [0.1, 0.15) is 11.6 Å². The lowest BCUT2D eigenvalue weighted by molar-refractivity contribution is 0.102. The molecule has 0 fully saturated rings. The molecule has 0 aliphatic rings. The molecule has 0 spiro atoms. The van der Waals surface area contributed by atoms with Crippen molar-refractivity contribution in [3.8, 4) is 5.75 Å². The average molecular weight is 316 g/mol. The van der Waals surface area contributed by atoms with Crippen molar-refractivity contribution in [1.29, 1.82) is 0 Å². The van der Waals surface area contributed by atoms with Gasteiger partial charge >= 0.3 is 0 Å². The first-order chi connectivity index (χ1) is 11.2. The zero-order chi connectivity index (χ0) is 16.5.